The summed E-state index contributed by atoms with van der Waals surface area (Å²) in [6.45, 7) is 5.35. The Balaban J connectivity index is 1.26. The van der Waals surface area contributed by atoms with Crippen molar-refractivity contribution in [3.05, 3.63) is 83.9 Å². The SMILES string of the molecule is Fc1ccc(Cn2cc(NC(=S)N3CCN(Cc4ccccc4)CC3)cn2)cc1. The van der Waals surface area contributed by atoms with Gasteiger partial charge >= 0.3 is 0 Å². The highest BCUT2D eigenvalue weighted by Gasteiger charge is 2.19. The maximum Gasteiger partial charge on any atom is 0.173 e. The number of nitrogens with one attached hydrogen (secondary N) is 1. The predicted octanol–water partition coefficient (Wildman–Crippen LogP) is 3.59. The third-order valence-corrected chi connectivity index (χ3v) is 5.41. The number of nitrogens with zero attached hydrogens (tertiary/aromatic N) is 4. The highest BCUT2D eigenvalue weighted by molar-refractivity contribution is 7.80. The van der Waals surface area contributed by atoms with Gasteiger partial charge in [0.15, 0.2) is 5.11 Å². The first kappa shape index (κ1) is 19.5. The molecule has 0 atom stereocenters. The molecule has 5 nitrogen and oxygen atoms in total. The van der Waals surface area contributed by atoms with Crippen LogP contribution in [-0.4, -0.2) is 50.9 Å². The van der Waals surface area contributed by atoms with Gasteiger partial charge in [-0.15, -0.1) is 0 Å². The minimum atomic E-state index is -0.231. The van der Waals surface area contributed by atoms with E-state index in [4.69, 9.17) is 12.2 Å². The molecule has 29 heavy (non-hydrogen) atoms. The van der Waals surface area contributed by atoms with E-state index in [9.17, 15) is 4.39 Å². The van der Waals surface area contributed by atoms with Gasteiger partial charge in [-0.3, -0.25) is 9.58 Å². The van der Waals surface area contributed by atoms with E-state index >= 15 is 0 Å². The normalized spacial score (nSPS) is 14.7. The zero-order chi connectivity index (χ0) is 20.1. The van der Waals surface area contributed by atoms with Gasteiger partial charge in [-0.05, 0) is 35.5 Å². The Morgan fingerprint density at radius 2 is 1.62 bits per heavy atom. The monoisotopic (exact) mass is 409 g/mol. The maximum absolute atomic E-state index is 13.0. The first-order valence-electron chi connectivity index (χ1n) is 9.75. The van der Waals surface area contributed by atoms with Gasteiger partial charge in [0.25, 0.3) is 0 Å². The standard InChI is InChI=1S/C22H24FN5S/c23-20-8-6-19(7-9-20)16-28-17-21(14-24-28)25-22(29)27-12-10-26(11-13-27)15-18-4-2-1-3-5-18/h1-9,14,17H,10-13,15-16H2,(H,25,29). The van der Waals surface area contributed by atoms with Crippen molar-refractivity contribution in [1.82, 2.24) is 19.6 Å². The van der Waals surface area contributed by atoms with Crippen LogP contribution in [-0.2, 0) is 13.1 Å². The fourth-order valence-corrected chi connectivity index (χ4v) is 3.75. The van der Waals surface area contributed by atoms with Crippen LogP contribution in [0.3, 0.4) is 0 Å². The number of aromatic nitrogens is 2. The van der Waals surface area contributed by atoms with E-state index < -0.39 is 0 Å². The lowest BCUT2D eigenvalue weighted by Gasteiger charge is -2.36. The highest BCUT2D eigenvalue weighted by atomic mass is 32.1. The van der Waals surface area contributed by atoms with E-state index in [1.165, 1.54) is 17.7 Å². The number of anilines is 1. The highest BCUT2D eigenvalue weighted by Crippen LogP contribution is 2.12. The molecule has 0 saturated carbocycles. The smallest absolute Gasteiger partial charge is 0.173 e. The molecule has 0 radical (unpaired) electrons. The van der Waals surface area contributed by atoms with E-state index in [1.807, 2.05) is 16.9 Å². The molecule has 0 bridgehead atoms. The Bertz CT molecular complexity index is 933. The molecule has 7 heteroatoms. The van der Waals surface area contributed by atoms with Crippen molar-refractivity contribution in [2.24, 2.45) is 0 Å². The molecule has 4 rings (SSSR count). The van der Waals surface area contributed by atoms with Gasteiger partial charge in [-0.1, -0.05) is 42.5 Å². The third kappa shape index (κ3) is 5.40. The topological polar surface area (TPSA) is 36.3 Å². The maximum atomic E-state index is 13.0. The van der Waals surface area contributed by atoms with Crippen molar-refractivity contribution >= 4 is 23.0 Å². The third-order valence-electron chi connectivity index (χ3n) is 5.05. The average Bonchev–Trinajstić information content (AvgIpc) is 3.18. The second-order valence-corrected chi connectivity index (χ2v) is 7.62. The molecule has 2 aromatic carbocycles. The van der Waals surface area contributed by atoms with Crippen LogP contribution in [0.15, 0.2) is 67.0 Å². The van der Waals surface area contributed by atoms with Crippen molar-refractivity contribution in [2.45, 2.75) is 13.1 Å². The van der Waals surface area contributed by atoms with E-state index in [2.05, 4.69) is 44.5 Å². The summed E-state index contributed by atoms with van der Waals surface area (Å²) in [5, 5.41) is 8.38. The zero-order valence-corrected chi connectivity index (χ0v) is 17.0. The number of hydrogen-bond donors (Lipinski definition) is 1. The molecule has 0 spiro atoms. The summed E-state index contributed by atoms with van der Waals surface area (Å²) in [5.41, 5.74) is 3.21. The molecular weight excluding hydrogens is 385 g/mol. The number of hydrogen-bond acceptors (Lipinski definition) is 3. The lowest BCUT2D eigenvalue weighted by Crippen LogP contribution is -2.49. The quantitative estimate of drug-likeness (QED) is 0.652. The Kier molecular flexibility index (Phi) is 6.17. The van der Waals surface area contributed by atoms with E-state index in [1.54, 1.807) is 18.3 Å². The van der Waals surface area contributed by atoms with Gasteiger partial charge in [-0.25, -0.2) is 4.39 Å². The fourth-order valence-electron chi connectivity index (χ4n) is 3.44. The Morgan fingerprint density at radius 3 is 2.34 bits per heavy atom. The molecule has 3 aromatic rings. The number of benzene rings is 2. The first-order valence-corrected chi connectivity index (χ1v) is 10.2. The van der Waals surface area contributed by atoms with Crippen molar-refractivity contribution in [3.8, 4) is 0 Å². The molecule has 1 aliphatic rings. The van der Waals surface area contributed by atoms with Gasteiger partial charge < -0.3 is 10.2 Å². The van der Waals surface area contributed by atoms with Gasteiger partial charge in [0, 0.05) is 38.9 Å². The minimum absolute atomic E-state index is 0.231. The molecule has 0 aliphatic carbocycles. The zero-order valence-electron chi connectivity index (χ0n) is 16.2. The molecular formula is C22H24FN5S. The van der Waals surface area contributed by atoms with Crippen LogP contribution in [0, 0.1) is 5.82 Å². The van der Waals surface area contributed by atoms with Crippen molar-refractivity contribution in [1.29, 1.82) is 0 Å². The molecule has 2 heterocycles. The molecule has 0 amide bonds. The van der Waals surface area contributed by atoms with Gasteiger partial charge in [0.05, 0.1) is 18.4 Å². The fraction of sp³-hybridized carbons (Fsp3) is 0.273. The molecule has 1 fully saturated rings. The van der Waals surface area contributed by atoms with Gasteiger partial charge in [0.2, 0.25) is 0 Å². The number of rotatable bonds is 5. The van der Waals surface area contributed by atoms with Gasteiger partial charge in [-0.2, -0.15) is 5.10 Å². The molecule has 1 aromatic heterocycles. The van der Waals surface area contributed by atoms with Crippen LogP contribution in [0.5, 0.6) is 0 Å². The van der Waals surface area contributed by atoms with Crippen LogP contribution in [0.25, 0.3) is 0 Å². The lowest BCUT2D eigenvalue weighted by molar-refractivity contribution is 0.177. The van der Waals surface area contributed by atoms with Gasteiger partial charge in [0.1, 0.15) is 5.82 Å². The summed E-state index contributed by atoms with van der Waals surface area (Å²) < 4.78 is 14.8. The van der Waals surface area contributed by atoms with Crippen molar-refractivity contribution in [3.63, 3.8) is 0 Å². The first-order chi connectivity index (χ1) is 14.2. The molecule has 1 N–H and O–H groups in total. The Hall–Kier alpha value is -2.77. The average molecular weight is 410 g/mol. The lowest BCUT2D eigenvalue weighted by atomic mass is 10.2. The number of thiocarbonyl (C=S) groups is 1. The summed E-state index contributed by atoms with van der Waals surface area (Å²) in [4.78, 5) is 4.66. The Labute approximate surface area is 175 Å². The summed E-state index contributed by atoms with van der Waals surface area (Å²) in [5.74, 6) is -0.231. The van der Waals surface area contributed by atoms with Crippen LogP contribution in [0.4, 0.5) is 10.1 Å². The molecule has 1 saturated heterocycles. The van der Waals surface area contributed by atoms with Crippen molar-refractivity contribution < 1.29 is 4.39 Å². The van der Waals surface area contributed by atoms with Crippen LogP contribution < -0.4 is 5.32 Å². The van der Waals surface area contributed by atoms with Crippen LogP contribution in [0.1, 0.15) is 11.1 Å². The van der Waals surface area contributed by atoms with Crippen molar-refractivity contribution in [2.75, 3.05) is 31.5 Å². The number of piperazine rings is 1. The largest absolute Gasteiger partial charge is 0.346 e. The second kappa shape index (κ2) is 9.15. The summed E-state index contributed by atoms with van der Waals surface area (Å²) in [6, 6.07) is 17.0. The van der Waals surface area contributed by atoms with E-state index in [0.717, 1.165) is 49.1 Å². The Morgan fingerprint density at radius 1 is 0.931 bits per heavy atom. The van der Waals surface area contributed by atoms with Crippen LogP contribution >= 0.6 is 12.2 Å². The van der Waals surface area contributed by atoms with E-state index in [-0.39, 0.29) is 5.82 Å². The second-order valence-electron chi connectivity index (χ2n) is 7.23. The molecule has 1 aliphatic heterocycles. The summed E-state index contributed by atoms with van der Waals surface area (Å²) >= 11 is 5.60. The van der Waals surface area contributed by atoms with E-state index in [0.29, 0.717) is 6.54 Å². The van der Waals surface area contributed by atoms with Crippen LogP contribution in [0.2, 0.25) is 0 Å². The summed E-state index contributed by atoms with van der Waals surface area (Å²) in [7, 11) is 0. The molecule has 0 unspecified atom stereocenters. The minimum Gasteiger partial charge on any atom is -0.346 e. The summed E-state index contributed by atoms with van der Waals surface area (Å²) in [6.07, 6.45) is 3.68. The predicted molar refractivity (Wildman–Crippen MR) is 117 cm³/mol. The number of halogens is 1. The molecule has 150 valence electrons.